The van der Waals surface area contributed by atoms with Crippen molar-refractivity contribution in [1.82, 2.24) is 15.5 Å². The molecule has 5 rings (SSSR count). The lowest BCUT2D eigenvalue weighted by Crippen LogP contribution is -2.62. The molecule has 0 aromatic rings. The Bertz CT molecular complexity index is 458. The van der Waals surface area contributed by atoms with Crippen LogP contribution in [0.5, 0.6) is 0 Å². The molecule has 2 amide bonds. The van der Waals surface area contributed by atoms with Gasteiger partial charge >= 0.3 is 6.03 Å². The van der Waals surface area contributed by atoms with Crippen molar-refractivity contribution in [3.63, 3.8) is 0 Å². The van der Waals surface area contributed by atoms with E-state index in [1.54, 1.807) is 0 Å². The molecule has 4 heteroatoms. The topological polar surface area (TPSA) is 44.4 Å². The van der Waals surface area contributed by atoms with Gasteiger partial charge in [0.2, 0.25) is 0 Å². The van der Waals surface area contributed by atoms with Gasteiger partial charge in [0, 0.05) is 30.4 Å². The summed E-state index contributed by atoms with van der Waals surface area (Å²) in [6.45, 7) is 8.10. The molecule has 1 aliphatic heterocycles. The van der Waals surface area contributed by atoms with Gasteiger partial charge < -0.3 is 15.5 Å². The number of hydrogen-bond acceptors (Lipinski definition) is 2. The Morgan fingerprint density at radius 3 is 2.04 bits per heavy atom. The van der Waals surface area contributed by atoms with Crippen molar-refractivity contribution in [3.05, 3.63) is 12.3 Å². The Morgan fingerprint density at radius 1 is 1.04 bits per heavy atom. The number of urea groups is 1. The fourth-order valence-electron chi connectivity index (χ4n) is 6.13. The number of carbonyl (C=O) groups excluding carboxylic acids is 1. The Kier molecular flexibility index (Phi) is 3.81. The van der Waals surface area contributed by atoms with Crippen molar-refractivity contribution in [2.24, 2.45) is 17.8 Å². The predicted octanol–water partition coefficient (Wildman–Crippen LogP) is 3.25. The first-order valence-electron chi connectivity index (χ1n) is 9.50. The molecule has 5 fully saturated rings. The average molecular weight is 317 g/mol. The summed E-state index contributed by atoms with van der Waals surface area (Å²) in [6.07, 6.45) is 9.98. The van der Waals surface area contributed by atoms with Gasteiger partial charge in [-0.25, -0.2) is 4.79 Å². The molecule has 4 saturated carbocycles. The van der Waals surface area contributed by atoms with Crippen molar-refractivity contribution in [1.29, 1.82) is 0 Å². The van der Waals surface area contributed by atoms with Gasteiger partial charge in [-0.05, 0) is 76.0 Å². The number of likely N-dealkylation sites (tertiary alicyclic amines) is 1. The summed E-state index contributed by atoms with van der Waals surface area (Å²) in [4.78, 5) is 14.9. The van der Waals surface area contributed by atoms with Gasteiger partial charge in [-0.2, -0.15) is 0 Å². The van der Waals surface area contributed by atoms with Gasteiger partial charge in [0.25, 0.3) is 0 Å². The SMILES string of the molecule is C=C(C)N1CCC(NC(=O)NC23CC4CC(CC(C4)C2)C3)CC1. The van der Waals surface area contributed by atoms with Gasteiger partial charge in [0.05, 0.1) is 0 Å². The maximum absolute atomic E-state index is 12.6. The third kappa shape index (κ3) is 3.09. The lowest BCUT2D eigenvalue weighted by Gasteiger charge is -2.56. The maximum Gasteiger partial charge on any atom is 0.315 e. The Labute approximate surface area is 140 Å². The zero-order chi connectivity index (χ0) is 16.0. The monoisotopic (exact) mass is 317 g/mol. The maximum atomic E-state index is 12.6. The number of hydrogen-bond donors (Lipinski definition) is 2. The highest BCUT2D eigenvalue weighted by molar-refractivity contribution is 5.75. The molecule has 4 bridgehead atoms. The molecule has 5 aliphatic rings. The lowest BCUT2D eigenvalue weighted by molar-refractivity contribution is -0.0137. The first-order valence-corrected chi connectivity index (χ1v) is 9.50. The minimum Gasteiger partial charge on any atom is -0.375 e. The van der Waals surface area contributed by atoms with E-state index in [1.165, 1.54) is 38.5 Å². The van der Waals surface area contributed by atoms with Crippen molar-refractivity contribution >= 4 is 6.03 Å². The van der Waals surface area contributed by atoms with E-state index in [2.05, 4.69) is 29.0 Å². The van der Waals surface area contributed by atoms with E-state index in [4.69, 9.17) is 0 Å². The summed E-state index contributed by atoms with van der Waals surface area (Å²) < 4.78 is 0. The molecule has 0 atom stereocenters. The van der Waals surface area contributed by atoms with E-state index < -0.39 is 0 Å². The molecule has 4 aliphatic carbocycles. The van der Waals surface area contributed by atoms with Crippen LogP contribution in [-0.4, -0.2) is 35.6 Å². The largest absolute Gasteiger partial charge is 0.375 e. The second-order valence-corrected chi connectivity index (χ2v) is 8.79. The smallest absolute Gasteiger partial charge is 0.315 e. The van der Waals surface area contributed by atoms with Crippen LogP contribution < -0.4 is 10.6 Å². The van der Waals surface area contributed by atoms with Crippen molar-refractivity contribution in [2.45, 2.75) is 69.9 Å². The third-order valence-corrected chi connectivity index (χ3v) is 6.79. The van der Waals surface area contributed by atoms with Crippen LogP contribution in [-0.2, 0) is 0 Å². The highest BCUT2D eigenvalue weighted by atomic mass is 16.2. The first kappa shape index (κ1) is 15.3. The summed E-state index contributed by atoms with van der Waals surface area (Å²) in [5.74, 6) is 2.63. The summed E-state index contributed by atoms with van der Waals surface area (Å²) in [5, 5.41) is 6.67. The van der Waals surface area contributed by atoms with Crippen molar-refractivity contribution < 1.29 is 4.79 Å². The van der Waals surface area contributed by atoms with Crippen LogP contribution in [0.1, 0.15) is 58.3 Å². The number of amides is 2. The van der Waals surface area contributed by atoms with Gasteiger partial charge in [-0.1, -0.05) is 6.58 Å². The molecular weight excluding hydrogens is 286 g/mol. The van der Waals surface area contributed by atoms with E-state index in [-0.39, 0.29) is 11.6 Å². The van der Waals surface area contributed by atoms with Crippen LogP contribution in [0.25, 0.3) is 0 Å². The standard InChI is InChI=1S/C19H31N3O/c1-13(2)22-5-3-17(4-6-22)20-18(23)21-19-10-14-7-15(11-19)9-16(8-14)12-19/h14-17H,1,3-12H2,2H3,(H2,20,21,23). The van der Waals surface area contributed by atoms with Crippen LogP contribution >= 0.6 is 0 Å². The summed E-state index contributed by atoms with van der Waals surface area (Å²) in [7, 11) is 0. The van der Waals surface area contributed by atoms with Gasteiger partial charge in [0.1, 0.15) is 0 Å². The number of nitrogens with zero attached hydrogens (tertiary/aromatic N) is 1. The normalized spacial score (nSPS) is 39.3. The van der Waals surface area contributed by atoms with Crippen molar-refractivity contribution in [3.8, 4) is 0 Å². The second-order valence-electron chi connectivity index (χ2n) is 8.79. The fourth-order valence-corrected chi connectivity index (χ4v) is 6.13. The quantitative estimate of drug-likeness (QED) is 0.839. The van der Waals surface area contributed by atoms with Crippen LogP contribution in [0.4, 0.5) is 4.79 Å². The zero-order valence-corrected chi connectivity index (χ0v) is 14.4. The first-order chi connectivity index (χ1) is 11.0. The predicted molar refractivity (Wildman–Crippen MR) is 92.0 cm³/mol. The summed E-state index contributed by atoms with van der Waals surface area (Å²) >= 11 is 0. The molecular formula is C19H31N3O. The van der Waals surface area contributed by atoms with Gasteiger partial charge in [-0.3, -0.25) is 0 Å². The summed E-state index contributed by atoms with van der Waals surface area (Å²) in [6, 6.07) is 0.403. The molecule has 1 heterocycles. The molecule has 0 aromatic heterocycles. The van der Waals surface area contributed by atoms with Crippen LogP contribution in [0, 0.1) is 17.8 Å². The molecule has 0 radical (unpaired) electrons. The highest BCUT2D eigenvalue weighted by Gasteiger charge is 2.51. The van der Waals surface area contributed by atoms with E-state index in [0.29, 0.717) is 6.04 Å². The van der Waals surface area contributed by atoms with Gasteiger partial charge in [0.15, 0.2) is 0 Å². The van der Waals surface area contributed by atoms with E-state index in [9.17, 15) is 4.79 Å². The molecule has 128 valence electrons. The van der Waals surface area contributed by atoms with Crippen LogP contribution in [0.2, 0.25) is 0 Å². The lowest BCUT2D eigenvalue weighted by atomic mass is 9.53. The molecule has 2 N–H and O–H groups in total. The minimum atomic E-state index is 0.0840. The fraction of sp³-hybridized carbons (Fsp3) is 0.842. The second kappa shape index (κ2) is 5.71. The Hall–Kier alpha value is -1.19. The van der Waals surface area contributed by atoms with E-state index in [1.807, 2.05) is 0 Å². The molecule has 1 saturated heterocycles. The number of nitrogens with one attached hydrogen (secondary N) is 2. The number of rotatable bonds is 3. The van der Waals surface area contributed by atoms with Gasteiger partial charge in [-0.15, -0.1) is 0 Å². The Balaban J connectivity index is 1.30. The Morgan fingerprint density at radius 2 is 1.57 bits per heavy atom. The number of allylic oxidation sites excluding steroid dienone is 1. The molecule has 23 heavy (non-hydrogen) atoms. The molecule has 0 unspecified atom stereocenters. The van der Waals surface area contributed by atoms with E-state index >= 15 is 0 Å². The van der Waals surface area contributed by atoms with Crippen LogP contribution in [0.3, 0.4) is 0 Å². The molecule has 0 spiro atoms. The number of piperidine rings is 1. The summed E-state index contributed by atoms with van der Waals surface area (Å²) in [5.41, 5.74) is 1.26. The average Bonchev–Trinajstić information content (AvgIpc) is 2.45. The number of carbonyl (C=O) groups is 1. The van der Waals surface area contributed by atoms with Crippen molar-refractivity contribution in [2.75, 3.05) is 13.1 Å². The third-order valence-electron chi connectivity index (χ3n) is 6.79. The highest BCUT2D eigenvalue weighted by Crippen LogP contribution is 2.55. The molecule has 4 nitrogen and oxygen atoms in total. The minimum absolute atomic E-state index is 0.0840. The molecule has 0 aromatic carbocycles. The van der Waals surface area contributed by atoms with E-state index in [0.717, 1.165) is 49.4 Å². The van der Waals surface area contributed by atoms with Crippen LogP contribution in [0.15, 0.2) is 12.3 Å². The zero-order valence-electron chi connectivity index (χ0n) is 14.4.